The maximum Gasteiger partial charge on any atom is 0.306 e. The zero-order valence-corrected chi connectivity index (χ0v) is 26.2. The second-order valence-electron chi connectivity index (χ2n) is 10.7. The molecule has 1 fully saturated rings. The largest absolute Gasteiger partial charge is 0.493 e. The molecule has 0 saturated heterocycles. The highest BCUT2D eigenvalue weighted by molar-refractivity contribution is 7.21. The summed E-state index contributed by atoms with van der Waals surface area (Å²) in [4.78, 5) is 49.0. The van der Waals surface area contributed by atoms with E-state index in [0.29, 0.717) is 38.8 Å². The molecule has 1 aliphatic carbocycles. The van der Waals surface area contributed by atoms with Crippen LogP contribution in [0, 0.1) is 23.6 Å². The van der Waals surface area contributed by atoms with E-state index in [1.807, 2.05) is 0 Å². The molecule has 1 N–H and O–H groups in total. The standard InChI is InChI=1S/C32H31FO9S2/c1-15(32(37)38)8-21(35)27-10-17-9-23(22(39-3)13-25(17)43-27)41-6-5-7-42-31-24(40-4)14-26-20(29(31)33)12-28(44-26)30(36)19-11-18(19)16(2)34/h9-10,12-15,18-19H,5-8,11H2,1-4H3,(H,37,38)/t15-,18-,19+/m0/s1. The van der Waals surface area contributed by atoms with Gasteiger partial charge in [-0.1, -0.05) is 6.92 Å². The number of thiophene rings is 2. The summed E-state index contributed by atoms with van der Waals surface area (Å²) in [6, 6.07) is 8.40. The van der Waals surface area contributed by atoms with Crippen molar-refractivity contribution in [2.75, 3.05) is 27.4 Å². The van der Waals surface area contributed by atoms with E-state index < -0.39 is 17.7 Å². The van der Waals surface area contributed by atoms with Gasteiger partial charge in [-0.3, -0.25) is 19.2 Å². The van der Waals surface area contributed by atoms with Crippen LogP contribution in [0.5, 0.6) is 23.0 Å². The number of carbonyl (C=O) groups excluding carboxylic acids is 3. The molecule has 232 valence electrons. The van der Waals surface area contributed by atoms with Crippen LogP contribution in [-0.4, -0.2) is 55.9 Å². The van der Waals surface area contributed by atoms with E-state index >= 15 is 4.39 Å². The quantitative estimate of drug-likeness (QED) is 0.110. The second-order valence-corrected chi connectivity index (χ2v) is 12.9. The summed E-state index contributed by atoms with van der Waals surface area (Å²) >= 11 is 2.43. The van der Waals surface area contributed by atoms with Crippen molar-refractivity contribution in [3.8, 4) is 23.0 Å². The molecule has 0 unspecified atom stereocenters. The fraction of sp³-hybridized carbons (Fsp3) is 0.375. The molecule has 9 nitrogen and oxygen atoms in total. The first-order chi connectivity index (χ1) is 21.0. The van der Waals surface area contributed by atoms with Gasteiger partial charge >= 0.3 is 5.97 Å². The Balaban J connectivity index is 1.23. The zero-order valence-electron chi connectivity index (χ0n) is 24.6. The Morgan fingerprint density at radius 2 is 1.59 bits per heavy atom. The van der Waals surface area contributed by atoms with Crippen LogP contribution in [0.3, 0.4) is 0 Å². The van der Waals surface area contributed by atoms with Crippen molar-refractivity contribution in [2.45, 2.75) is 33.1 Å². The number of hydrogen-bond donors (Lipinski definition) is 1. The summed E-state index contributed by atoms with van der Waals surface area (Å²) in [6.45, 7) is 3.31. The second kappa shape index (κ2) is 12.9. The average molecular weight is 643 g/mol. The van der Waals surface area contributed by atoms with Crippen LogP contribution >= 0.6 is 22.7 Å². The number of rotatable bonds is 15. The number of fused-ring (bicyclic) bond motifs is 2. The molecule has 0 spiro atoms. The molecule has 5 rings (SSSR count). The van der Waals surface area contributed by atoms with E-state index in [1.165, 1.54) is 56.8 Å². The molecular formula is C32H31FO9S2. The molecule has 12 heteroatoms. The fourth-order valence-electron chi connectivity index (χ4n) is 4.96. The number of ether oxygens (including phenoxy) is 4. The number of methoxy groups -OCH3 is 2. The van der Waals surface area contributed by atoms with Crippen LogP contribution in [0.1, 0.15) is 52.5 Å². The van der Waals surface area contributed by atoms with E-state index in [0.717, 1.165) is 10.1 Å². The van der Waals surface area contributed by atoms with E-state index in [4.69, 9.17) is 24.1 Å². The first-order valence-electron chi connectivity index (χ1n) is 14.0. The maximum atomic E-state index is 15.5. The normalized spacial score (nSPS) is 16.5. The molecule has 1 saturated carbocycles. The van der Waals surface area contributed by atoms with Gasteiger partial charge in [0, 0.05) is 51.6 Å². The van der Waals surface area contributed by atoms with Crippen molar-refractivity contribution >= 4 is 66.2 Å². The molecule has 2 aromatic carbocycles. The zero-order chi connectivity index (χ0) is 31.7. The van der Waals surface area contributed by atoms with E-state index in [1.54, 1.807) is 24.3 Å². The Kier molecular flexibility index (Phi) is 9.21. The number of halogens is 1. The lowest BCUT2D eigenvalue weighted by Gasteiger charge is -2.13. The minimum Gasteiger partial charge on any atom is -0.493 e. The number of carboxylic acids is 1. The Hall–Kier alpha value is -4.03. The summed E-state index contributed by atoms with van der Waals surface area (Å²) in [5, 5.41) is 10.1. The fourth-order valence-corrected chi connectivity index (χ4v) is 7.07. The van der Waals surface area contributed by atoms with Gasteiger partial charge in [-0.05, 0) is 36.9 Å². The lowest BCUT2D eigenvalue weighted by atomic mass is 10.0. The highest BCUT2D eigenvalue weighted by atomic mass is 32.1. The van der Waals surface area contributed by atoms with Gasteiger partial charge < -0.3 is 24.1 Å². The highest BCUT2D eigenvalue weighted by Gasteiger charge is 2.46. The number of ketones is 3. The van der Waals surface area contributed by atoms with Gasteiger partial charge in [-0.2, -0.15) is 0 Å². The number of benzene rings is 2. The monoisotopic (exact) mass is 642 g/mol. The molecule has 0 amide bonds. The Labute approximate surface area is 260 Å². The van der Waals surface area contributed by atoms with Crippen molar-refractivity contribution < 1.29 is 47.6 Å². The van der Waals surface area contributed by atoms with Gasteiger partial charge in [-0.25, -0.2) is 4.39 Å². The lowest BCUT2D eigenvalue weighted by molar-refractivity contribution is -0.141. The number of hydrogen-bond acceptors (Lipinski definition) is 10. The molecule has 0 radical (unpaired) electrons. The Bertz CT molecular complexity index is 1770. The van der Waals surface area contributed by atoms with Crippen LogP contribution in [-0.2, 0) is 9.59 Å². The van der Waals surface area contributed by atoms with Crippen molar-refractivity contribution in [1.82, 2.24) is 0 Å². The van der Waals surface area contributed by atoms with Gasteiger partial charge in [0.05, 0.1) is 43.1 Å². The van der Waals surface area contributed by atoms with Crippen molar-refractivity contribution in [1.29, 1.82) is 0 Å². The highest BCUT2D eigenvalue weighted by Crippen LogP contribution is 2.45. The van der Waals surface area contributed by atoms with Gasteiger partial charge in [0.25, 0.3) is 0 Å². The minimum atomic E-state index is -1.02. The molecule has 1 aliphatic rings. The number of carboxylic acid groups (broad SMARTS) is 1. The lowest BCUT2D eigenvalue weighted by Crippen LogP contribution is -2.13. The summed E-state index contributed by atoms with van der Waals surface area (Å²) in [7, 11) is 2.92. The summed E-state index contributed by atoms with van der Waals surface area (Å²) in [6.07, 6.45) is 0.838. The molecule has 2 aromatic heterocycles. The van der Waals surface area contributed by atoms with Crippen LogP contribution in [0.15, 0.2) is 30.3 Å². The number of Topliss-reactive ketones (excluding diaryl/α,β-unsaturated/α-hetero) is 3. The molecule has 3 atom stereocenters. The third-order valence-corrected chi connectivity index (χ3v) is 9.81. The molecule has 2 heterocycles. The van der Waals surface area contributed by atoms with Crippen LogP contribution in [0.2, 0.25) is 0 Å². The van der Waals surface area contributed by atoms with Crippen molar-refractivity contribution in [2.24, 2.45) is 17.8 Å². The summed E-state index contributed by atoms with van der Waals surface area (Å²) in [5.74, 6) is -2.32. The van der Waals surface area contributed by atoms with E-state index in [2.05, 4.69) is 0 Å². The number of carbonyl (C=O) groups is 4. The van der Waals surface area contributed by atoms with Crippen LogP contribution in [0.4, 0.5) is 4.39 Å². The van der Waals surface area contributed by atoms with E-state index in [9.17, 15) is 19.2 Å². The molecule has 0 aliphatic heterocycles. The van der Waals surface area contributed by atoms with Crippen LogP contribution in [0.25, 0.3) is 20.2 Å². The minimum absolute atomic E-state index is 0.00674. The third kappa shape index (κ3) is 6.41. The summed E-state index contributed by atoms with van der Waals surface area (Å²) in [5.41, 5.74) is 0. The smallest absolute Gasteiger partial charge is 0.306 e. The predicted molar refractivity (Wildman–Crippen MR) is 165 cm³/mol. The SMILES string of the molecule is COc1cc2sc(C(=O)C[C@H](C)C(=O)O)cc2cc1OCCCOc1c(OC)cc2sc(C(=O)[C@@H]3C[C@H]3C(C)=O)cc2c1F. The van der Waals surface area contributed by atoms with Crippen molar-refractivity contribution in [3.63, 3.8) is 0 Å². The van der Waals surface area contributed by atoms with Gasteiger partial charge in [0.2, 0.25) is 0 Å². The molecule has 44 heavy (non-hydrogen) atoms. The summed E-state index contributed by atoms with van der Waals surface area (Å²) < 4.78 is 39.4. The van der Waals surface area contributed by atoms with E-state index in [-0.39, 0.29) is 65.7 Å². The first-order valence-corrected chi connectivity index (χ1v) is 15.6. The van der Waals surface area contributed by atoms with Gasteiger partial charge in [0.1, 0.15) is 5.78 Å². The Morgan fingerprint density at radius 3 is 2.25 bits per heavy atom. The first kappa shape index (κ1) is 31.4. The van der Waals surface area contributed by atoms with Crippen molar-refractivity contribution in [3.05, 3.63) is 45.9 Å². The van der Waals surface area contributed by atoms with Crippen LogP contribution < -0.4 is 18.9 Å². The maximum absolute atomic E-state index is 15.5. The topological polar surface area (TPSA) is 125 Å². The molecule has 4 aromatic rings. The predicted octanol–water partition coefficient (Wildman–Crippen LogP) is 6.82. The molecular weight excluding hydrogens is 611 g/mol. The third-order valence-electron chi connectivity index (χ3n) is 7.58. The Morgan fingerprint density at radius 1 is 0.909 bits per heavy atom. The average Bonchev–Trinajstić information content (AvgIpc) is 3.51. The number of aliphatic carboxylic acids is 1. The molecule has 0 bridgehead atoms. The van der Waals surface area contributed by atoms with Gasteiger partial charge in [0.15, 0.2) is 40.4 Å². The van der Waals surface area contributed by atoms with Gasteiger partial charge in [-0.15, -0.1) is 22.7 Å².